The highest BCUT2D eigenvalue weighted by atomic mass is 32.1. The maximum atomic E-state index is 6.10. The molecule has 0 amide bonds. The molecule has 3 atom stereocenters. The second-order valence-electron chi connectivity index (χ2n) is 5.47. The number of rotatable bonds is 5. The number of ether oxygens (including phenoxy) is 2. The second-order valence-corrected chi connectivity index (χ2v) is 5.84. The van der Waals surface area contributed by atoms with Gasteiger partial charge in [-0.05, 0) is 38.0 Å². The van der Waals surface area contributed by atoms with Crippen molar-refractivity contribution in [3.8, 4) is 0 Å². The first-order chi connectivity index (χ1) is 9.19. The fraction of sp³-hybridized carbons (Fsp3) is 0.625. The van der Waals surface area contributed by atoms with Crippen molar-refractivity contribution in [3.05, 3.63) is 35.9 Å². The summed E-state index contributed by atoms with van der Waals surface area (Å²) in [5.74, 6) is 1.19. The van der Waals surface area contributed by atoms with Gasteiger partial charge in [0.15, 0.2) is 0 Å². The average molecular weight is 280 g/mol. The molecule has 1 aliphatic rings. The summed E-state index contributed by atoms with van der Waals surface area (Å²) in [4.78, 5) is 0. The first kappa shape index (κ1) is 14.9. The molecule has 1 saturated heterocycles. The highest BCUT2D eigenvalue weighted by molar-refractivity contribution is 7.80. The highest BCUT2D eigenvalue weighted by Gasteiger charge is 2.25. The Balaban J connectivity index is 1.86. The summed E-state index contributed by atoms with van der Waals surface area (Å²) in [5.41, 5.74) is 1.31. The molecule has 0 radical (unpaired) electrons. The van der Waals surface area contributed by atoms with Gasteiger partial charge in [-0.2, -0.15) is 12.6 Å². The highest BCUT2D eigenvalue weighted by Crippen LogP contribution is 2.24. The van der Waals surface area contributed by atoms with Crippen LogP contribution in [-0.4, -0.2) is 30.7 Å². The second kappa shape index (κ2) is 7.32. The molecule has 1 fully saturated rings. The van der Waals surface area contributed by atoms with E-state index in [0.717, 1.165) is 25.2 Å². The van der Waals surface area contributed by atoms with E-state index in [1.165, 1.54) is 5.56 Å². The maximum absolute atomic E-state index is 6.10. The minimum atomic E-state index is 0.305. The van der Waals surface area contributed by atoms with Crippen LogP contribution in [0.15, 0.2) is 30.3 Å². The van der Waals surface area contributed by atoms with Crippen LogP contribution in [0.3, 0.4) is 0 Å². The van der Waals surface area contributed by atoms with E-state index in [9.17, 15) is 0 Å². The Bertz CT molecular complexity index is 358. The molecule has 0 aliphatic carbocycles. The summed E-state index contributed by atoms with van der Waals surface area (Å²) in [6.45, 7) is 5.00. The third kappa shape index (κ3) is 4.51. The predicted molar refractivity (Wildman–Crippen MR) is 82.0 cm³/mol. The van der Waals surface area contributed by atoms with Crippen LogP contribution in [-0.2, 0) is 9.47 Å². The van der Waals surface area contributed by atoms with Gasteiger partial charge in [0.2, 0.25) is 0 Å². The van der Waals surface area contributed by atoms with E-state index in [0.29, 0.717) is 24.2 Å². The van der Waals surface area contributed by atoms with Crippen molar-refractivity contribution in [2.75, 3.05) is 12.4 Å². The Morgan fingerprint density at radius 1 is 1.21 bits per heavy atom. The Kier molecular flexibility index (Phi) is 5.74. The quantitative estimate of drug-likeness (QED) is 0.830. The van der Waals surface area contributed by atoms with E-state index in [4.69, 9.17) is 9.47 Å². The van der Waals surface area contributed by atoms with Crippen LogP contribution in [0.1, 0.15) is 38.2 Å². The van der Waals surface area contributed by atoms with Crippen molar-refractivity contribution >= 4 is 12.6 Å². The van der Waals surface area contributed by atoms with Crippen molar-refractivity contribution < 1.29 is 9.47 Å². The summed E-state index contributed by atoms with van der Waals surface area (Å²) in [6.07, 6.45) is 2.93. The summed E-state index contributed by atoms with van der Waals surface area (Å²) in [7, 11) is 0. The maximum Gasteiger partial charge on any atom is 0.0624 e. The van der Waals surface area contributed by atoms with E-state index in [1.54, 1.807) is 0 Å². The zero-order valence-corrected chi connectivity index (χ0v) is 12.7. The van der Waals surface area contributed by atoms with Gasteiger partial charge in [-0.25, -0.2) is 0 Å². The van der Waals surface area contributed by atoms with Gasteiger partial charge >= 0.3 is 0 Å². The van der Waals surface area contributed by atoms with Crippen molar-refractivity contribution in [3.63, 3.8) is 0 Å². The predicted octanol–water partition coefficient (Wildman–Crippen LogP) is 3.67. The summed E-state index contributed by atoms with van der Waals surface area (Å²) in [6, 6.07) is 10.5. The molecule has 0 saturated carbocycles. The summed E-state index contributed by atoms with van der Waals surface area (Å²) < 4.78 is 11.8. The van der Waals surface area contributed by atoms with E-state index < -0.39 is 0 Å². The third-order valence-corrected chi connectivity index (χ3v) is 4.12. The minimum absolute atomic E-state index is 0.305. The van der Waals surface area contributed by atoms with Crippen LogP contribution >= 0.6 is 12.6 Å². The van der Waals surface area contributed by atoms with Crippen LogP contribution in [0.25, 0.3) is 0 Å². The smallest absolute Gasteiger partial charge is 0.0624 e. The molecule has 1 aromatic rings. The fourth-order valence-electron chi connectivity index (χ4n) is 2.71. The van der Waals surface area contributed by atoms with Gasteiger partial charge in [0.05, 0.1) is 24.9 Å². The van der Waals surface area contributed by atoms with E-state index in [1.807, 2.05) is 6.07 Å². The van der Waals surface area contributed by atoms with Crippen LogP contribution in [0.4, 0.5) is 0 Å². The molecule has 0 spiro atoms. The van der Waals surface area contributed by atoms with E-state index in [2.05, 4.69) is 50.7 Å². The topological polar surface area (TPSA) is 18.5 Å². The van der Waals surface area contributed by atoms with Crippen LogP contribution in [0.2, 0.25) is 0 Å². The first-order valence-electron chi connectivity index (χ1n) is 7.12. The fourth-order valence-corrected chi connectivity index (χ4v) is 3.03. The Labute approximate surface area is 121 Å². The molecule has 1 heterocycles. The van der Waals surface area contributed by atoms with Gasteiger partial charge in [0.25, 0.3) is 0 Å². The molecule has 0 bridgehead atoms. The van der Waals surface area contributed by atoms with Crippen LogP contribution < -0.4 is 0 Å². The standard InChI is InChI=1S/C16H24O2S/c1-12-8-16(9-13(2)18-12)17-10-15(11-19)14-6-4-3-5-7-14/h3-7,12-13,15-16,19H,8-11H2,1-2H3. The van der Waals surface area contributed by atoms with Crippen molar-refractivity contribution in [2.24, 2.45) is 0 Å². The Morgan fingerprint density at radius 3 is 2.42 bits per heavy atom. The van der Waals surface area contributed by atoms with Gasteiger partial charge in [0, 0.05) is 5.92 Å². The molecule has 2 nitrogen and oxygen atoms in total. The SMILES string of the molecule is CC1CC(OCC(CS)c2ccccc2)CC(C)O1. The normalized spacial score (nSPS) is 29.1. The van der Waals surface area contributed by atoms with E-state index in [-0.39, 0.29) is 0 Å². The molecule has 1 aromatic carbocycles. The molecular formula is C16H24O2S. The molecule has 19 heavy (non-hydrogen) atoms. The van der Waals surface area contributed by atoms with Gasteiger partial charge in [-0.15, -0.1) is 0 Å². The minimum Gasteiger partial charge on any atom is -0.377 e. The number of hydrogen-bond acceptors (Lipinski definition) is 3. The lowest BCUT2D eigenvalue weighted by atomic mass is 10.0. The Morgan fingerprint density at radius 2 is 1.84 bits per heavy atom. The van der Waals surface area contributed by atoms with Gasteiger partial charge in [0.1, 0.15) is 0 Å². The largest absolute Gasteiger partial charge is 0.377 e. The van der Waals surface area contributed by atoms with Crippen molar-refractivity contribution in [2.45, 2.75) is 50.9 Å². The molecule has 2 rings (SSSR count). The molecule has 0 aromatic heterocycles. The molecule has 0 N–H and O–H groups in total. The van der Waals surface area contributed by atoms with Crippen molar-refractivity contribution in [1.82, 2.24) is 0 Å². The lowest BCUT2D eigenvalue weighted by Gasteiger charge is -2.32. The van der Waals surface area contributed by atoms with Crippen molar-refractivity contribution in [1.29, 1.82) is 0 Å². The number of thiol groups is 1. The Hall–Kier alpha value is -0.510. The molecule has 106 valence electrons. The summed E-state index contributed by atoms with van der Waals surface area (Å²) >= 11 is 4.46. The zero-order valence-electron chi connectivity index (χ0n) is 11.8. The summed E-state index contributed by atoms with van der Waals surface area (Å²) in [5, 5.41) is 0. The average Bonchev–Trinajstić information content (AvgIpc) is 2.39. The molecular weight excluding hydrogens is 256 g/mol. The van der Waals surface area contributed by atoms with E-state index >= 15 is 0 Å². The van der Waals surface area contributed by atoms with Gasteiger partial charge in [-0.1, -0.05) is 30.3 Å². The molecule has 3 heteroatoms. The zero-order chi connectivity index (χ0) is 13.7. The van der Waals surface area contributed by atoms with Gasteiger partial charge in [-0.3, -0.25) is 0 Å². The van der Waals surface area contributed by atoms with Gasteiger partial charge < -0.3 is 9.47 Å². The van der Waals surface area contributed by atoms with Crippen LogP contribution in [0.5, 0.6) is 0 Å². The lowest BCUT2D eigenvalue weighted by Crippen LogP contribution is -2.34. The molecule has 3 unspecified atom stereocenters. The van der Waals surface area contributed by atoms with Crippen LogP contribution in [0, 0.1) is 0 Å². The first-order valence-corrected chi connectivity index (χ1v) is 7.75. The number of hydrogen-bond donors (Lipinski definition) is 1. The lowest BCUT2D eigenvalue weighted by molar-refractivity contribution is -0.103. The third-order valence-electron chi connectivity index (χ3n) is 3.68. The monoisotopic (exact) mass is 280 g/mol. The number of benzene rings is 1. The molecule has 1 aliphatic heterocycles.